The van der Waals surface area contributed by atoms with E-state index in [1.54, 1.807) is 19.1 Å². The van der Waals surface area contributed by atoms with Crippen molar-refractivity contribution in [2.24, 2.45) is 0 Å². The highest BCUT2D eigenvalue weighted by molar-refractivity contribution is 5.84. The van der Waals surface area contributed by atoms with Crippen LogP contribution < -0.4 is 4.90 Å². The SMILES string of the molecule is Cc1cc(N2CCCC(=O)C2)ccc1[N+](=O)[O-]. The van der Waals surface area contributed by atoms with Gasteiger partial charge in [0.25, 0.3) is 5.69 Å². The van der Waals surface area contributed by atoms with Crippen LogP contribution >= 0.6 is 0 Å². The Morgan fingerprint density at radius 1 is 1.41 bits per heavy atom. The van der Waals surface area contributed by atoms with Gasteiger partial charge in [0.1, 0.15) is 0 Å². The molecule has 5 heteroatoms. The van der Waals surface area contributed by atoms with E-state index < -0.39 is 0 Å². The first-order chi connectivity index (χ1) is 8.08. The molecular weight excluding hydrogens is 220 g/mol. The Bertz CT molecular complexity index is 471. The first-order valence-electron chi connectivity index (χ1n) is 5.59. The standard InChI is InChI=1S/C12H14N2O3/c1-9-7-10(4-5-12(9)14(16)17)13-6-2-3-11(15)8-13/h4-5,7H,2-3,6,8H2,1H3. The molecule has 1 aromatic rings. The molecule has 17 heavy (non-hydrogen) atoms. The summed E-state index contributed by atoms with van der Waals surface area (Å²) in [6.45, 7) is 2.97. The van der Waals surface area contributed by atoms with Crippen molar-refractivity contribution in [3.63, 3.8) is 0 Å². The fraction of sp³-hybridized carbons (Fsp3) is 0.417. The van der Waals surface area contributed by atoms with Crippen LogP contribution in [0.4, 0.5) is 11.4 Å². The fourth-order valence-corrected chi connectivity index (χ4v) is 2.10. The summed E-state index contributed by atoms with van der Waals surface area (Å²) < 4.78 is 0. The van der Waals surface area contributed by atoms with Gasteiger partial charge in [-0.3, -0.25) is 14.9 Å². The fourth-order valence-electron chi connectivity index (χ4n) is 2.10. The topological polar surface area (TPSA) is 63.5 Å². The summed E-state index contributed by atoms with van der Waals surface area (Å²) in [6.07, 6.45) is 1.50. The van der Waals surface area contributed by atoms with E-state index in [2.05, 4.69) is 0 Å². The van der Waals surface area contributed by atoms with Crippen LogP contribution in [0.15, 0.2) is 18.2 Å². The molecule has 0 aliphatic carbocycles. The monoisotopic (exact) mass is 234 g/mol. The van der Waals surface area contributed by atoms with Gasteiger partial charge < -0.3 is 4.90 Å². The average molecular weight is 234 g/mol. The minimum absolute atomic E-state index is 0.122. The number of aryl methyl sites for hydroxylation is 1. The summed E-state index contributed by atoms with van der Waals surface area (Å²) in [5.41, 5.74) is 1.64. The summed E-state index contributed by atoms with van der Waals surface area (Å²) in [5, 5.41) is 10.7. The predicted molar refractivity (Wildman–Crippen MR) is 64.3 cm³/mol. The van der Waals surface area contributed by atoms with Crippen molar-refractivity contribution < 1.29 is 9.72 Å². The van der Waals surface area contributed by atoms with Gasteiger partial charge in [-0.05, 0) is 25.5 Å². The minimum Gasteiger partial charge on any atom is -0.364 e. The van der Waals surface area contributed by atoms with Crippen LogP contribution in [-0.2, 0) is 4.79 Å². The van der Waals surface area contributed by atoms with E-state index in [4.69, 9.17) is 0 Å². The average Bonchev–Trinajstić information content (AvgIpc) is 2.28. The van der Waals surface area contributed by atoms with E-state index in [-0.39, 0.29) is 16.4 Å². The third kappa shape index (κ3) is 2.43. The van der Waals surface area contributed by atoms with E-state index in [0.717, 1.165) is 18.7 Å². The number of carbonyl (C=O) groups is 1. The summed E-state index contributed by atoms with van der Waals surface area (Å²) in [4.78, 5) is 23.6. The Balaban J connectivity index is 2.25. The van der Waals surface area contributed by atoms with Crippen molar-refractivity contribution in [2.45, 2.75) is 19.8 Å². The molecule has 1 aliphatic rings. The number of ketones is 1. The van der Waals surface area contributed by atoms with Crippen LogP contribution in [0, 0.1) is 17.0 Å². The maximum absolute atomic E-state index is 11.4. The largest absolute Gasteiger partial charge is 0.364 e. The Morgan fingerprint density at radius 3 is 2.76 bits per heavy atom. The molecule has 5 nitrogen and oxygen atoms in total. The second kappa shape index (κ2) is 4.53. The van der Waals surface area contributed by atoms with Gasteiger partial charge in [0, 0.05) is 30.3 Å². The van der Waals surface area contributed by atoms with Crippen molar-refractivity contribution in [1.82, 2.24) is 0 Å². The van der Waals surface area contributed by atoms with Crippen LogP contribution in [0.2, 0.25) is 0 Å². The van der Waals surface area contributed by atoms with Gasteiger partial charge in [0.05, 0.1) is 11.5 Å². The van der Waals surface area contributed by atoms with Gasteiger partial charge >= 0.3 is 0 Å². The number of nitro benzene ring substituents is 1. The number of nitro groups is 1. The number of piperidine rings is 1. The molecule has 0 saturated carbocycles. The Hall–Kier alpha value is -1.91. The van der Waals surface area contributed by atoms with E-state index in [9.17, 15) is 14.9 Å². The lowest BCUT2D eigenvalue weighted by atomic mass is 10.1. The maximum atomic E-state index is 11.4. The first-order valence-corrected chi connectivity index (χ1v) is 5.59. The van der Waals surface area contributed by atoms with Crippen LogP contribution in [0.1, 0.15) is 18.4 Å². The number of rotatable bonds is 2. The van der Waals surface area contributed by atoms with Gasteiger partial charge in [0.15, 0.2) is 5.78 Å². The third-order valence-corrected chi connectivity index (χ3v) is 2.99. The number of anilines is 1. The molecule has 0 aromatic heterocycles. The number of nitrogens with zero attached hydrogens (tertiary/aromatic N) is 2. The number of Topliss-reactive ketones (excluding diaryl/α,β-unsaturated/α-hetero) is 1. The zero-order valence-electron chi connectivity index (χ0n) is 9.68. The highest BCUT2D eigenvalue weighted by Crippen LogP contribution is 2.25. The van der Waals surface area contributed by atoms with E-state index >= 15 is 0 Å². The van der Waals surface area contributed by atoms with Crippen LogP contribution in [0.5, 0.6) is 0 Å². The number of benzene rings is 1. The van der Waals surface area contributed by atoms with Gasteiger partial charge in [-0.1, -0.05) is 0 Å². The highest BCUT2D eigenvalue weighted by Gasteiger charge is 2.19. The molecular formula is C12H14N2O3. The Kier molecular flexibility index (Phi) is 3.08. The van der Waals surface area contributed by atoms with Gasteiger partial charge in [0.2, 0.25) is 0 Å². The summed E-state index contributed by atoms with van der Waals surface area (Å²) in [7, 11) is 0. The number of hydrogen-bond acceptors (Lipinski definition) is 4. The van der Waals surface area contributed by atoms with Crippen molar-refractivity contribution in [3.8, 4) is 0 Å². The van der Waals surface area contributed by atoms with Crippen LogP contribution in [0.25, 0.3) is 0 Å². The number of carbonyl (C=O) groups excluding carboxylic acids is 1. The lowest BCUT2D eigenvalue weighted by Gasteiger charge is -2.28. The molecule has 0 bridgehead atoms. The zero-order chi connectivity index (χ0) is 12.4. The Labute approximate surface area is 99.2 Å². The third-order valence-electron chi connectivity index (χ3n) is 2.99. The van der Waals surface area contributed by atoms with Crippen LogP contribution in [-0.4, -0.2) is 23.8 Å². The predicted octanol–water partition coefficient (Wildman–Crippen LogP) is 2.07. The quantitative estimate of drug-likeness (QED) is 0.580. The summed E-state index contributed by atoms with van der Waals surface area (Å²) >= 11 is 0. The zero-order valence-corrected chi connectivity index (χ0v) is 9.68. The minimum atomic E-state index is -0.388. The molecule has 0 radical (unpaired) electrons. The molecule has 0 unspecified atom stereocenters. The molecule has 0 spiro atoms. The van der Waals surface area contributed by atoms with Crippen molar-refractivity contribution >= 4 is 17.2 Å². The van der Waals surface area contributed by atoms with Crippen molar-refractivity contribution in [3.05, 3.63) is 33.9 Å². The molecule has 1 heterocycles. The van der Waals surface area contributed by atoms with Gasteiger partial charge in [-0.2, -0.15) is 0 Å². The molecule has 0 N–H and O–H groups in total. The second-order valence-corrected chi connectivity index (χ2v) is 4.29. The highest BCUT2D eigenvalue weighted by atomic mass is 16.6. The number of hydrogen-bond donors (Lipinski definition) is 0. The molecule has 90 valence electrons. The van der Waals surface area contributed by atoms with E-state index in [1.807, 2.05) is 4.90 Å². The first kappa shape index (κ1) is 11.6. The van der Waals surface area contributed by atoms with Gasteiger partial charge in [-0.15, -0.1) is 0 Å². The van der Waals surface area contributed by atoms with Crippen LogP contribution in [0.3, 0.4) is 0 Å². The summed E-state index contributed by atoms with van der Waals surface area (Å²) in [6, 6.07) is 4.99. The van der Waals surface area contributed by atoms with Crippen molar-refractivity contribution in [2.75, 3.05) is 18.0 Å². The molecule has 1 saturated heterocycles. The van der Waals surface area contributed by atoms with E-state index in [1.165, 1.54) is 6.07 Å². The molecule has 1 fully saturated rings. The molecule has 2 rings (SSSR count). The molecule has 0 amide bonds. The lowest BCUT2D eigenvalue weighted by molar-refractivity contribution is -0.385. The summed E-state index contributed by atoms with van der Waals surface area (Å²) in [5.74, 6) is 0.229. The Morgan fingerprint density at radius 2 is 2.18 bits per heavy atom. The smallest absolute Gasteiger partial charge is 0.272 e. The maximum Gasteiger partial charge on any atom is 0.272 e. The van der Waals surface area contributed by atoms with E-state index in [0.29, 0.717) is 18.5 Å². The lowest BCUT2D eigenvalue weighted by Crippen LogP contribution is -2.35. The molecule has 1 aromatic carbocycles. The van der Waals surface area contributed by atoms with Gasteiger partial charge in [-0.25, -0.2) is 0 Å². The van der Waals surface area contributed by atoms with Crippen molar-refractivity contribution in [1.29, 1.82) is 0 Å². The second-order valence-electron chi connectivity index (χ2n) is 4.29. The molecule has 0 atom stereocenters. The normalized spacial score (nSPS) is 16.1. The molecule has 1 aliphatic heterocycles.